The van der Waals surface area contributed by atoms with E-state index in [0.29, 0.717) is 42.1 Å². The fraction of sp³-hybridized carbons (Fsp3) is 0.235. The number of carbonyl (C=O) groups is 2. The second kappa shape index (κ2) is 14.3. The molecule has 4 aromatic rings. The average Bonchev–Trinajstić information content (AvgIpc) is 2.99. The molecule has 0 radical (unpaired) electrons. The van der Waals surface area contributed by atoms with Gasteiger partial charge in [0.2, 0.25) is 0 Å². The summed E-state index contributed by atoms with van der Waals surface area (Å²) in [6.07, 6.45) is -2.26. The minimum absolute atomic E-state index is 0.293. The molecule has 1 atom stereocenters. The summed E-state index contributed by atoms with van der Waals surface area (Å²) in [7, 11) is 0. The standard InChI is InChI=1S/C34H33F3N2O3S/c1-23-8-6-7-11-28(23)30-20-25(12-17-29(30)32(40)38-31(33(41)42)18-19-43-2)22-39(21-24-9-4-3-5-10-24)27-15-13-26(14-16-27)34(35,36)37/h3-17,20,31H,18-19,21-22H2,1-2H3,(H,38,40)(H,41,42)/t31-/m0/s1. The Hall–Kier alpha value is -4.24. The van der Waals surface area contributed by atoms with Crippen molar-refractivity contribution in [3.05, 3.63) is 125 Å². The van der Waals surface area contributed by atoms with Crippen LogP contribution in [-0.4, -0.2) is 35.0 Å². The van der Waals surface area contributed by atoms with Crippen molar-refractivity contribution in [2.75, 3.05) is 16.9 Å². The normalized spacial score (nSPS) is 12.0. The van der Waals surface area contributed by atoms with Crippen molar-refractivity contribution in [3.63, 3.8) is 0 Å². The van der Waals surface area contributed by atoms with E-state index < -0.39 is 29.7 Å². The van der Waals surface area contributed by atoms with Gasteiger partial charge in [-0.05, 0) is 89.6 Å². The third-order valence-corrected chi connectivity index (χ3v) is 7.77. The third-order valence-electron chi connectivity index (χ3n) is 7.13. The average molecular weight is 607 g/mol. The van der Waals surface area contributed by atoms with Crippen LogP contribution in [-0.2, 0) is 24.1 Å². The lowest BCUT2D eigenvalue weighted by Gasteiger charge is -2.26. The molecular formula is C34H33F3N2O3S. The largest absolute Gasteiger partial charge is 0.480 e. The number of carboxylic acids is 1. The lowest BCUT2D eigenvalue weighted by molar-refractivity contribution is -0.139. The summed E-state index contributed by atoms with van der Waals surface area (Å²) in [6.45, 7) is 2.74. The van der Waals surface area contributed by atoms with Gasteiger partial charge < -0.3 is 15.3 Å². The zero-order valence-corrected chi connectivity index (χ0v) is 24.7. The highest BCUT2D eigenvalue weighted by Gasteiger charge is 2.30. The number of anilines is 1. The summed E-state index contributed by atoms with van der Waals surface area (Å²) in [5, 5.41) is 12.3. The zero-order chi connectivity index (χ0) is 31.0. The van der Waals surface area contributed by atoms with Gasteiger partial charge in [0.25, 0.3) is 5.91 Å². The van der Waals surface area contributed by atoms with Crippen LogP contribution < -0.4 is 10.2 Å². The number of aliphatic carboxylic acids is 1. The number of carbonyl (C=O) groups excluding carboxylic acids is 1. The maximum Gasteiger partial charge on any atom is 0.416 e. The summed E-state index contributed by atoms with van der Waals surface area (Å²) >= 11 is 1.51. The minimum Gasteiger partial charge on any atom is -0.480 e. The molecule has 0 aliphatic carbocycles. The van der Waals surface area contributed by atoms with Gasteiger partial charge in [-0.15, -0.1) is 0 Å². The third kappa shape index (κ3) is 8.41. The number of halogens is 3. The number of benzene rings is 4. The molecule has 0 aliphatic rings. The molecule has 0 aliphatic heterocycles. The Bertz CT molecular complexity index is 1540. The van der Waals surface area contributed by atoms with E-state index in [2.05, 4.69) is 5.32 Å². The fourth-order valence-corrected chi connectivity index (χ4v) is 5.31. The first-order valence-electron chi connectivity index (χ1n) is 13.7. The molecule has 0 fully saturated rings. The zero-order valence-electron chi connectivity index (χ0n) is 23.9. The molecule has 0 saturated heterocycles. The van der Waals surface area contributed by atoms with Crippen LogP contribution in [0.2, 0.25) is 0 Å². The van der Waals surface area contributed by atoms with Gasteiger partial charge >= 0.3 is 12.1 Å². The van der Waals surface area contributed by atoms with Crippen molar-refractivity contribution in [1.29, 1.82) is 0 Å². The topological polar surface area (TPSA) is 69.6 Å². The van der Waals surface area contributed by atoms with Gasteiger partial charge in [0.15, 0.2) is 0 Å². The lowest BCUT2D eigenvalue weighted by Crippen LogP contribution is -2.41. The Labute approximate surface area is 253 Å². The first kappa shape index (κ1) is 31.7. The highest BCUT2D eigenvalue weighted by molar-refractivity contribution is 7.98. The molecule has 224 valence electrons. The number of rotatable bonds is 12. The van der Waals surface area contributed by atoms with Crippen LogP contribution >= 0.6 is 11.8 Å². The highest BCUT2D eigenvalue weighted by Crippen LogP contribution is 2.33. The predicted octanol–water partition coefficient (Wildman–Crippen LogP) is 7.82. The summed E-state index contributed by atoms with van der Waals surface area (Å²) in [5.41, 5.74) is 4.49. The molecule has 0 heterocycles. The van der Waals surface area contributed by atoms with Crippen LogP contribution in [0.1, 0.15) is 39.0 Å². The first-order valence-corrected chi connectivity index (χ1v) is 15.1. The van der Waals surface area contributed by atoms with E-state index in [1.54, 1.807) is 12.1 Å². The Balaban J connectivity index is 1.72. The van der Waals surface area contributed by atoms with Gasteiger partial charge in [-0.2, -0.15) is 24.9 Å². The number of alkyl halides is 3. The Morgan fingerprint density at radius 3 is 2.14 bits per heavy atom. The van der Waals surface area contributed by atoms with Crippen molar-refractivity contribution in [3.8, 4) is 11.1 Å². The lowest BCUT2D eigenvalue weighted by atomic mass is 9.93. The van der Waals surface area contributed by atoms with Crippen LogP contribution in [0.15, 0.2) is 97.1 Å². The van der Waals surface area contributed by atoms with Gasteiger partial charge in [0, 0.05) is 24.3 Å². The Kier molecular flexibility index (Phi) is 10.5. The van der Waals surface area contributed by atoms with Crippen LogP contribution in [0.25, 0.3) is 11.1 Å². The van der Waals surface area contributed by atoms with Crippen molar-refractivity contribution >= 4 is 29.3 Å². The molecular weight excluding hydrogens is 573 g/mol. The van der Waals surface area contributed by atoms with Crippen LogP contribution in [0, 0.1) is 6.92 Å². The Morgan fingerprint density at radius 2 is 1.51 bits per heavy atom. The van der Waals surface area contributed by atoms with E-state index in [1.165, 1.54) is 23.9 Å². The second-order valence-corrected chi connectivity index (χ2v) is 11.2. The molecule has 5 nitrogen and oxygen atoms in total. The highest BCUT2D eigenvalue weighted by atomic mass is 32.2. The van der Waals surface area contributed by atoms with Crippen LogP contribution in [0.4, 0.5) is 18.9 Å². The molecule has 43 heavy (non-hydrogen) atoms. The van der Waals surface area contributed by atoms with Gasteiger partial charge in [-0.25, -0.2) is 4.79 Å². The van der Waals surface area contributed by atoms with Gasteiger partial charge in [0.1, 0.15) is 6.04 Å². The SMILES string of the molecule is CSCC[C@H](NC(=O)c1ccc(CN(Cc2ccccc2)c2ccc(C(F)(F)F)cc2)cc1-c1ccccc1C)C(=O)O. The molecule has 0 aromatic heterocycles. The smallest absolute Gasteiger partial charge is 0.416 e. The number of aryl methyl sites for hydroxylation is 1. The molecule has 0 bridgehead atoms. The number of hydrogen-bond acceptors (Lipinski definition) is 4. The first-order chi connectivity index (χ1) is 20.6. The number of nitrogens with one attached hydrogen (secondary N) is 1. The number of hydrogen-bond donors (Lipinski definition) is 2. The molecule has 0 spiro atoms. The van der Waals surface area contributed by atoms with Crippen molar-refractivity contribution in [2.45, 2.75) is 38.7 Å². The van der Waals surface area contributed by atoms with Crippen molar-refractivity contribution in [2.24, 2.45) is 0 Å². The molecule has 4 aromatic carbocycles. The molecule has 0 saturated carbocycles. The molecule has 0 unspecified atom stereocenters. The van der Waals surface area contributed by atoms with Gasteiger partial charge in [-0.3, -0.25) is 4.79 Å². The van der Waals surface area contributed by atoms with Crippen LogP contribution in [0.3, 0.4) is 0 Å². The fourth-order valence-electron chi connectivity index (χ4n) is 4.84. The van der Waals surface area contributed by atoms with E-state index in [4.69, 9.17) is 0 Å². The summed E-state index contributed by atoms with van der Waals surface area (Å²) in [5.74, 6) is -0.992. The monoisotopic (exact) mass is 606 g/mol. The molecule has 2 N–H and O–H groups in total. The van der Waals surface area contributed by atoms with E-state index in [0.717, 1.165) is 34.4 Å². The van der Waals surface area contributed by atoms with Crippen molar-refractivity contribution < 1.29 is 27.9 Å². The molecule has 9 heteroatoms. The molecule has 4 rings (SSSR count). The summed E-state index contributed by atoms with van der Waals surface area (Å²) in [6, 6.07) is 26.7. The van der Waals surface area contributed by atoms with Gasteiger partial charge in [0.05, 0.1) is 5.56 Å². The van der Waals surface area contributed by atoms with E-state index >= 15 is 0 Å². The number of thioether (sulfide) groups is 1. The minimum atomic E-state index is -4.43. The van der Waals surface area contributed by atoms with E-state index in [-0.39, 0.29) is 0 Å². The number of amides is 1. The number of nitrogens with zero attached hydrogens (tertiary/aromatic N) is 1. The number of carboxylic acid groups (broad SMARTS) is 1. The maximum atomic E-state index is 13.5. The van der Waals surface area contributed by atoms with E-state index in [1.807, 2.05) is 78.7 Å². The van der Waals surface area contributed by atoms with Gasteiger partial charge in [-0.1, -0.05) is 60.7 Å². The summed E-state index contributed by atoms with van der Waals surface area (Å²) < 4.78 is 39.8. The quantitative estimate of drug-likeness (QED) is 0.172. The van der Waals surface area contributed by atoms with Crippen molar-refractivity contribution in [1.82, 2.24) is 5.32 Å². The van der Waals surface area contributed by atoms with Crippen LogP contribution in [0.5, 0.6) is 0 Å². The Morgan fingerprint density at radius 1 is 0.860 bits per heavy atom. The summed E-state index contributed by atoms with van der Waals surface area (Å²) in [4.78, 5) is 27.3. The second-order valence-electron chi connectivity index (χ2n) is 10.2. The predicted molar refractivity (Wildman–Crippen MR) is 166 cm³/mol. The maximum absolute atomic E-state index is 13.5. The van der Waals surface area contributed by atoms with E-state index in [9.17, 15) is 27.9 Å². The molecule has 1 amide bonds.